The predicted octanol–water partition coefficient (Wildman–Crippen LogP) is 5.08. The molecule has 0 bridgehead atoms. The second-order valence-corrected chi connectivity index (χ2v) is 11.6. The van der Waals surface area contributed by atoms with Gasteiger partial charge < -0.3 is 14.5 Å². The third-order valence-corrected chi connectivity index (χ3v) is 7.68. The Morgan fingerprint density at radius 1 is 1.08 bits per heavy atom. The monoisotopic (exact) mass is 510 g/mol. The Balaban J connectivity index is 1.45. The van der Waals surface area contributed by atoms with Gasteiger partial charge in [-0.05, 0) is 50.3 Å². The summed E-state index contributed by atoms with van der Waals surface area (Å²) in [5.41, 5.74) is 2.69. The summed E-state index contributed by atoms with van der Waals surface area (Å²) >= 11 is 1.61. The van der Waals surface area contributed by atoms with Crippen molar-refractivity contribution in [1.29, 1.82) is 0 Å². The van der Waals surface area contributed by atoms with Crippen molar-refractivity contribution in [3.63, 3.8) is 0 Å². The normalized spacial score (nSPS) is 18.4. The number of aromatic nitrogens is 2. The average molecular weight is 511 g/mol. The quantitative estimate of drug-likeness (QED) is 0.292. The third kappa shape index (κ3) is 6.58. The van der Waals surface area contributed by atoms with Gasteiger partial charge in [0.05, 0.1) is 18.2 Å². The zero-order valence-corrected chi connectivity index (χ0v) is 22.8. The van der Waals surface area contributed by atoms with E-state index in [-0.39, 0.29) is 23.2 Å². The van der Waals surface area contributed by atoms with Crippen molar-refractivity contribution in [1.82, 2.24) is 14.9 Å². The first-order chi connectivity index (χ1) is 17.2. The van der Waals surface area contributed by atoms with E-state index in [9.17, 15) is 9.59 Å². The molecule has 1 atom stereocenters. The number of hydrogen-bond acceptors (Lipinski definition) is 7. The minimum Gasteiger partial charge on any atom is -0.466 e. The van der Waals surface area contributed by atoms with E-state index in [4.69, 9.17) is 14.7 Å². The summed E-state index contributed by atoms with van der Waals surface area (Å²) in [6.07, 6.45) is 3.99. The lowest BCUT2D eigenvalue weighted by Gasteiger charge is -2.31. The highest BCUT2D eigenvalue weighted by atomic mass is 32.2. The highest BCUT2D eigenvalue weighted by molar-refractivity contribution is 7.98. The van der Waals surface area contributed by atoms with E-state index in [1.807, 2.05) is 31.2 Å². The van der Waals surface area contributed by atoms with Gasteiger partial charge in [-0.1, -0.05) is 44.7 Å². The molecule has 194 valence electrons. The van der Waals surface area contributed by atoms with Crippen LogP contribution in [0.3, 0.4) is 0 Å². The molecule has 3 heterocycles. The van der Waals surface area contributed by atoms with Crippen LogP contribution in [0.5, 0.6) is 0 Å². The third-order valence-electron chi connectivity index (χ3n) is 6.76. The Hall–Kier alpha value is -2.61. The highest BCUT2D eigenvalue weighted by Gasteiger charge is 2.30. The number of thioether (sulfide) groups is 1. The van der Waals surface area contributed by atoms with E-state index in [2.05, 4.69) is 31.7 Å². The van der Waals surface area contributed by atoms with Crippen LogP contribution < -0.4 is 4.90 Å². The molecule has 0 radical (unpaired) electrons. The van der Waals surface area contributed by atoms with Crippen LogP contribution in [-0.4, -0.2) is 59.5 Å². The number of anilines is 1. The summed E-state index contributed by atoms with van der Waals surface area (Å²) < 4.78 is 5.18. The summed E-state index contributed by atoms with van der Waals surface area (Å²) in [6.45, 7) is 11.9. The van der Waals surface area contributed by atoms with Crippen LogP contribution in [0.15, 0.2) is 35.5 Å². The van der Waals surface area contributed by atoms with Gasteiger partial charge in [-0.25, -0.2) is 9.97 Å². The molecule has 2 aromatic rings. The van der Waals surface area contributed by atoms with Crippen LogP contribution in [-0.2, 0) is 20.7 Å². The molecule has 0 aliphatic carbocycles. The van der Waals surface area contributed by atoms with Gasteiger partial charge in [0.1, 0.15) is 5.82 Å². The Kier molecular flexibility index (Phi) is 8.54. The second-order valence-electron chi connectivity index (χ2n) is 10.7. The van der Waals surface area contributed by atoms with Crippen molar-refractivity contribution in [2.45, 2.75) is 69.7 Å². The molecular formula is C28H38N4O3S. The van der Waals surface area contributed by atoms with Crippen LogP contribution in [0.2, 0.25) is 0 Å². The first-order valence-electron chi connectivity index (χ1n) is 13.1. The van der Waals surface area contributed by atoms with Crippen molar-refractivity contribution in [2.75, 3.05) is 37.7 Å². The van der Waals surface area contributed by atoms with Gasteiger partial charge in [-0.3, -0.25) is 9.59 Å². The molecule has 2 fully saturated rings. The molecule has 4 rings (SSSR count). The smallest absolute Gasteiger partial charge is 0.310 e. The van der Waals surface area contributed by atoms with Gasteiger partial charge in [-0.15, -0.1) is 0 Å². The van der Waals surface area contributed by atoms with E-state index in [0.29, 0.717) is 31.0 Å². The number of carbonyl (C=O) groups excluding carboxylic acids is 2. The van der Waals surface area contributed by atoms with Crippen molar-refractivity contribution >= 4 is 29.5 Å². The molecule has 7 nitrogen and oxygen atoms in total. The number of piperidine rings is 1. The summed E-state index contributed by atoms with van der Waals surface area (Å²) in [5, 5.41) is 0.773. The van der Waals surface area contributed by atoms with Crippen LogP contribution >= 0.6 is 11.8 Å². The maximum Gasteiger partial charge on any atom is 0.310 e. The molecule has 2 saturated heterocycles. The SMILES string of the molecule is CCOC(=O)C1CCCN(C(=O)c2cccc(CSc3nc(N4CCCC4)cc(C(C)(C)C)n3)c2)C1. The highest BCUT2D eigenvalue weighted by Crippen LogP contribution is 2.30. The van der Waals surface area contributed by atoms with Gasteiger partial charge in [-0.2, -0.15) is 0 Å². The first kappa shape index (κ1) is 26.5. The van der Waals surface area contributed by atoms with E-state index in [1.54, 1.807) is 16.7 Å². The molecular weight excluding hydrogens is 472 g/mol. The second kappa shape index (κ2) is 11.6. The number of carbonyl (C=O) groups is 2. The average Bonchev–Trinajstić information content (AvgIpc) is 3.42. The summed E-state index contributed by atoms with van der Waals surface area (Å²) in [7, 11) is 0. The molecule has 36 heavy (non-hydrogen) atoms. The number of ether oxygens (including phenoxy) is 1. The van der Waals surface area contributed by atoms with Gasteiger partial charge in [0.2, 0.25) is 0 Å². The minimum absolute atomic E-state index is 0.0295. The fourth-order valence-electron chi connectivity index (χ4n) is 4.71. The Morgan fingerprint density at radius 2 is 1.86 bits per heavy atom. The van der Waals surface area contributed by atoms with Gasteiger partial charge in [0, 0.05) is 49.0 Å². The fraction of sp³-hybridized carbons (Fsp3) is 0.571. The van der Waals surface area contributed by atoms with E-state index in [1.165, 1.54) is 12.8 Å². The zero-order chi connectivity index (χ0) is 25.7. The molecule has 2 aliphatic rings. The minimum atomic E-state index is -0.238. The molecule has 8 heteroatoms. The van der Waals surface area contributed by atoms with Crippen LogP contribution in [0.4, 0.5) is 5.82 Å². The molecule has 1 amide bonds. The molecule has 0 saturated carbocycles. The van der Waals surface area contributed by atoms with Gasteiger partial charge in [0.25, 0.3) is 5.91 Å². The number of amides is 1. The Bertz CT molecular complexity index is 1080. The van der Waals surface area contributed by atoms with E-state index >= 15 is 0 Å². The lowest BCUT2D eigenvalue weighted by Crippen LogP contribution is -2.42. The van der Waals surface area contributed by atoms with Crippen molar-refractivity contribution < 1.29 is 14.3 Å². The Labute approximate surface area is 219 Å². The summed E-state index contributed by atoms with van der Waals surface area (Å²) in [4.78, 5) is 39.3. The lowest BCUT2D eigenvalue weighted by atomic mass is 9.92. The predicted molar refractivity (Wildman–Crippen MR) is 143 cm³/mol. The topological polar surface area (TPSA) is 75.6 Å². The molecule has 0 N–H and O–H groups in total. The number of hydrogen-bond donors (Lipinski definition) is 0. The molecule has 1 aromatic heterocycles. The van der Waals surface area contributed by atoms with E-state index < -0.39 is 0 Å². The molecule has 2 aliphatic heterocycles. The maximum absolute atomic E-state index is 13.2. The number of benzene rings is 1. The number of nitrogens with zero attached hydrogens (tertiary/aromatic N) is 4. The largest absolute Gasteiger partial charge is 0.466 e. The van der Waals surface area contributed by atoms with Gasteiger partial charge >= 0.3 is 5.97 Å². The number of esters is 1. The standard InChI is InChI=1S/C28H38N4O3S/c1-5-35-26(34)22-12-9-15-32(18-22)25(33)21-11-8-10-20(16-21)19-36-27-29-23(28(2,3)4)17-24(30-27)31-13-6-7-14-31/h8,10-11,16-17,22H,5-7,9,12-15,18-19H2,1-4H3. The van der Waals surface area contributed by atoms with Crippen molar-refractivity contribution in [3.8, 4) is 0 Å². The van der Waals surface area contributed by atoms with Gasteiger partial charge in [0.15, 0.2) is 5.16 Å². The van der Waals surface area contributed by atoms with E-state index in [0.717, 1.165) is 48.2 Å². The number of likely N-dealkylation sites (tertiary alicyclic amines) is 1. The van der Waals surface area contributed by atoms with Crippen molar-refractivity contribution in [2.24, 2.45) is 5.92 Å². The van der Waals surface area contributed by atoms with Crippen LogP contribution in [0.25, 0.3) is 0 Å². The summed E-state index contributed by atoms with van der Waals surface area (Å²) in [6, 6.07) is 9.91. The maximum atomic E-state index is 13.2. The first-order valence-corrected chi connectivity index (χ1v) is 14.1. The molecule has 1 unspecified atom stereocenters. The van der Waals surface area contributed by atoms with Crippen LogP contribution in [0, 0.1) is 5.92 Å². The fourth-order valence-corrected chi connectivity index (χ4v) is 5.50. The summed E-state index contributed by atoms with van der Waals surface area (Å²) in [5.74, 6) is 1.22. The Morgan fingerprint density at radius 3 is 2.58 bits per heavy atom. The lowest BCUT2D eigenvalue weighted by molar-refractivity contribution is -0.149. The van der Waals surface area contributed by atoms with Crippen LogP contribution in [0.1, 0.15) is 75.0 Å². The van der Waals surface area contributed by atoms with Crippen molar-refractivity contribution in [3.05, 3.63) is 47.2 Å². The molecule has 0 spiro atoms. The zero-order valence-electron chi connectivity index (χ0n) is 22.0. The molecule has 1 aromatic carbocycles. The number of rotatable bonds is 7.